The number of fused-ring (bicyclic) bond motifs is 1. The largest absolute Gasteiger partial charge is 0.492 e. The summed E-state index contributed by atoms with van der Waals surface area (Å²) < 4.78 is 5.57. The van der Waals surface area contributed by atoms with E-state index in [0.29, 0.717) is 17.9 Å². The van der Waals surface area contributed by atoms with Gasteiger partial charge in [-0.05, 0) is 42.5 Å². The summed E-state index contributed by atoms with van der Waals surface area (Å²) in [7, 11) is 0. The highest BCUT2D eigenvalue weighted by molar-refractivity contribution is 6.30. The van der Waals surface area contributed by atoms with E-state index >= 15 is 0 Å². The molecule has 2 N–H and O–H groups in total. The van der Waals surface area contributed by atoms with Crippen molar-refractivity contribution in [1.29, 1.82) is 0 Å². The van der Waals surface area contributed by atoms with Gasteiger partial charge in [0.15, 0.2) is 0 Å². The summed E-state index contributed by atoms with van der Waals surface area (Å²) in [6, 6.07) is 4.43. The molecular weight excluding hydrogens is 306 g/mol. The molecule has 1 aliphatic heterocycles. The van der Waals surface area contributed by atoms with Crippen molar-refractivity contribution in [2.75, 3.05) is 6.61 Å². The van der Waals surface area contributed by atoms with Crippen molar-refractivity contribution >= 4 is 23.5 Å². The molecule has 5 nitrogen and oxygen atoms in total. The number of rotatable bonds is 5. The number of aliphatic carboxylic acids is 1. The van der Waals surface area contributed by atoms with Gasteiger partial charge in [-0.3, -0.25) is 4.79 Å². The molecule has 1 heterocycles. The zero-order valence-corrected chi connectivity index (χ0v) is 13.4. The summed E-state index contributed by atoms with van der Waals surface area (Å²) in [5.41, 5.74) is 0.870. The van der Waals surface area contributed by atoms with Crippen LogP contribution >= 0.6 is 11.6 Å². The minimum absolute atomic E-state index is 0.184. The summed E-state index contributed by atoms with van der Waals surface area (Å²) in [5.74, 6) is -0.796. The molecule has 0 saturated carbocycles. The van der Waals surface area contributed by atoms with Gasteiger partial charge in [-0.15, -0.1) is 0 Å². The molecule has 22 heavy (non-hydrogen) atoms. The Morgan fingerprint density at radius 1 is 1.45 bits per heavy atom. The fourth-order valence-corrected chi connectivity index (χ4v) is 2.71. The van der Waals surface area contributed by atoms with E-state index in [0.717, 1.165) is 11.3 Å². The van der Waals surface area contributed by atoms with E-state index in [4.69, 9.17) is 16.3 Å². The lowest BCUT2D eigenvalue weighted by Gasteiger charge is -2.26. The first kappa shape index (κ1) is 16.6. The van der Waals surface area contributed by atoms with Gasteiger partial charge in [0.05, 0.1) is 5.92 Å². The monoisotopic (exact) mass is 325 g/mol. The molecule has 0 aliphatic carbocycles. The lowest BCUT2D eigenvalue weighted by atomic mass is 9.95. The Labute approximate surface area is 134 Å². The fraction of sp³-hybridized carbons (Fsp3) is 0.500. The van der Waals surface area contributed by atoms with Crippen molar-refractivity contribution < 1.29 is 19.4 Å². The average Bonchev–Trinajstić information content (AvgIpc) is 2.45. The van der Waals surface area contributed by atoms with E-state index < -0.39 is 17.9 Å². The molecule has 0 radical (unpaired) electrons. The van der Waals surface area contributed by atoms with Gasteiger partial charge in [0.1, 0.15) is 18.4 Å². The van der Waals surface area contributed by atoms with Gasteiger partial charge in [0.25, 0.3) is 0 Å². The molecule has 0 bridgehead atoms. The Morgan fingerprint density at radius 3 is 2.82 bits per heavy atom. The van der Waals surface area contributed by atoms with Crippen LogP contribution in [0.15, 0.2) is 18.2 Å². The molecule has 1 aliphatic rings. The SMILES string of the molecule is CC(C)C[C@H](NC(=O)C1COc2ccc(Cl)cc2C1)C(=O)O. The van der Waals surface area contributed by atoms with E-state index in [1.165, 1.54) is 0 Å². The van der Waals surface area contributed by atoms with Gasteiger partial charge in [0.2, 0.25) is 5.91 Å². The second kappa shape index (κ2) is 7.01. The smallest absolute Gasteiger partial charge is 0.326 e. The van der Waals surface area contributed by atoms with E-state index in [2.05, 4.69) is 5.32 Å². The molecular formula is C16H20ClNO4. The van der Waals surface area contributed by atoms with Crippen LogP contribution in [0.1, 0.15) is 25.8 Å². The second-order valence-electron chi connectivity index (χ2n) is 5.99. The quantitative estimate of drug-likeness (QED) is 0.872. The van der Waals surface area contributed by atoms with Crippen LogP contribution in [0.5, 0.6) is 5.75 Å². The molecule has 2 rings (SSSR count). The zero-order valence-electron chi connectivity index (χ0n) is 12.6. The third-order valence-electron chi connectivity index (χ3n) is 3.62. The molecule has 1 amide bonds. The van der Waals surface area contributed by atoms with E-state index in [1.54, 1.807) is 18.2 Å². The molecule has 120 valence electrons. The Bertz CT molecular complexity index is 573. The number of hydrogen-bond acceptors (Lipinski definition) is 3. The van der Waals surface area contributed by atoms with E-state index in [-0.39, 0.29) is 18.4 Å². The summed E-state index contributed by atoms with van der Waals surface area (Å²) in [4.78, 5) is 23.5. The average molecular weight is 326 g/mol. The summed E-state index contributed by atoms with van der Waals surface area (Å²) in [5, 5.41) is 12.4. The maximum atomic E-state index is 12.3. The van der Waals surface area contributed by atoms with Gasteiger partial charge in [-0.2, -0.15) is 0 Å². The predicted molar refractivity (Wildman–Crippen MR) is 83.2 cm³/mol. The maximum Gasteiger partial charge on any atom is 0.326 e. The number of halogens is 1. The Balaban J connectivity index is 2.03. The van der Waals surface area contributed by atoms with Crippen molar-refractivity contribution in [3.05, 3.63) is 28.8 Å². The number of carbonyl (C=O) groups is 2. The highest BCUT2D eigenvalue weighted by atomic mass is 35.5. The van der Waals surface area contributed by atoms with Crippen LogP contribution in [0.4, 0.5) is 0 Å². The number of amides is 1. The molecule has 0 aromatic heterocycles. The molecule has 1 aromatic rings. The van der Waals surface area contributed by atoms with Crippen LogP contribution in [0.3, 0.4) is 0 Å². The molecule has 2 atom stereocenters. The fourth-order valence-electron chi connectivity index (χ4n) is 2.51. The number of nitrogens with one attached hydrogen (secondary N) is 1. The standard InChI is InChI=1S/C16H20ClNO4/c1-9(2)5-13(16(20)21)18-15(19)11-6-10-7-12(17)3-4-14(10)22-8-11/h3-4,7,9,11,13H,5-6,8H2,1-2H3,(H,18,19)(H,20,21)/t11?,13-/m0/s1. The topological polar surface area (TPSA) is 75.6 Å². The van der Waals surface area contributed by atoms with E-state index in [1.807, 2.05) is 13.8 Å². The number of hydrogen-bond donors (Lipinski definition) is 2. The number of carbonyl (C=O) groups excluding carboxylic acids is 1. The lowest BCUT2D eigenvalue weighted by Crippen LogP contribution is -2.46. The van der Waals surface area contributed by atoms with Crippen molar-refractivity contribution in [2.45, 2.75) is 32.7 Å². The number of benzene rings is 1. The van der Waals surface area contributed by atoms with Crippen molar-refractivity contribution in [2.24, 2.45) is 11.8 Å². The minimum Gasteiger partial charge on any atom is -0.492 e. The summed E-state index contributed by atoms with van der Waals surface area (Å²) in [6.45, 7) is 4.09. The third kappa shape index (κ3) is 4.13. The first-order valence-electron chi connectivity index (χ1n) is 7.31. The molecule has 6 heteroatoms. The Kier molecular flexibility index (Phi) is 5.29. The molecule has 0 spiro atoms. The first-order chi connectivity index (χ1) is 10.4. The third-order valence-corrected chi connectivity index (χ3v) is 3.86. The van der Waals surface area contributed by atoms with Gasteiger partial charge in [-0.25, -0.2) is 4.79 Å². The van der Waals surface area contributed by atoms with E-state index in [9.17, 15) is 14.7 Å². The van der Waals surface area contributed by atoms with Crippen molar-refractivity contribution in [1.82, 2.24) is 5.32 Å². The summed E-state index contributed by atoms with van der Waals surface area (Å²) >= 11 is 5.95. The normalized spacial score (nSPS) is 18.3. The number of carboxylic acids is 1. The number of ether oxygens (including phenoxy) is 1. The van der Waals surface area contributed by atoms with Gasteiger partial charge >= 0.3 is 5.97 Å². The second-order valence-corrected chi connectivity index (χ2v) is 6.43. The predicted octanol–water partition coefficient (Wildman–Crippen LogP) is 2.51. The lowest BCUT2D eigenvalue weighted by molar-refractivity contribution is -0.143. The Hall–Kier alpha value is -1.75. The molecule has 0 fully saturated rings. The summed E-state index contributed by atoms with van der Waals surface area (Å²) in [6.07, 6.45) is 0.896. The highest BCUT2D eigenvalue weighted by Crippen LogP contribution is 2.29. The van der Waals surface area contributed by atoms with Gasteiger partial charge in [-0.1, -0.05) is 25.4 Å². The van der Waals surface area contributed by atoms with Crippen molar-refractivity contribution in [3.63, 3.8) is 0 Å². The first-order valence-corrected chi connectivity index (χ1v) is 7.69. The zero-order chi connectivity index (χ0) is 16.3. The molecule has 0 saturated heterocycles. The van der Waals surface area contributed by atoms with Gasteiger partial charge < -0.3 is 15.2 Å². The van der Waals surface area contributed by atoms with Crippen LogP contribution in [0.25, 0.3) is 0 Å². The van der Waals surface area contributed by atoms with Crippen molar-refractivity contribution in [3.8, 4) is 5.75 Å². The maximum absolute atomic E-state index is 12.3. The molecule has 1 unspecified atom stereocenters. The van der Waals surface area contributed by atoms with Crippen LogP contribution in [-0.2, 0) is 16.0 Å². The highest BCUT2D eigenvalue weighted by Gasteiger charge is 2.29. The van der Waals surface area contributed by atoms with Crippen LogP contribution in [0, 0.1) is 11.8 Å². The molecule has 1 aromatic carbocycles. The Morgan fingerprint density at radius 2 is 2.18 bits per heavy atom. The minimum atomic E-state index is -1.01. The van der Waals surface area contributed by atoms with Crippen LogP contribution in [-0.4, -0.2) is 29.6 Å². The van der Waals surface area contributed by atoms with Gasteiger partial charge in [0, 0.05) is 5.02 Å². The van der Waals surface area contributed by atoms with Crippen LogP contribution < -0.4 is 10.1 Å². The van der Waals surface area contributed by atoms with Crippen LogP contribution in [0.2, 0.25) is 5.02 Å². The number of carboxylic acid groups (broad SMARTS) is 1.